The molecular formula is C34H36N6O3. The number of hydrogen-bond donors (Lipinski definition) is 2. The van der Waals surface area contributed by atoms with Crippen LogP contribution in [0.4, 0.5) is 5.82 Å². The van der Waals surface area contributed by atoms with Crippen LogP contribution < -0.4 is 5.73 Å². The Bertz CT molecular complexity index is 1720. The fourth-order valence-electron chi connectivity index (χ4n) is 6.64. The number of rotatable bonds is 6. The minimum atomic E-state index is -1.43. The van der Waals surface area contributed by atoms with Crippen LogP contribution in [0.2, 0.25) is 0 Å². The van der Waals surface area contributed by atoms with Crippen molar-refractivity contribution in [2.24, 2.45) is 0 Å². The second-order valence-electron chi connectivity index (χ2n) is 12.1. The maximum absolute atomic E-state index is 13.4. The van der Waals surface area contributed by atoms with Crippen LogP contribution in [0.5, 0.6) is 0 Å². The van der Waals surface area contributed by atoms with Crippen LogP contribution in [-0.4, -0.2) is 73.0 Å². The molecule has 7 rings (SSSR count). The summed E-state index contributed by atoms with van der Waals surface area (Å²) in [4.78, 5) is 38.2. The van der Waals surface area contributed by atoms with Crippen molar-refractivity contribution in [2.75, 3.05) is 31.9 Å². The molecule has 0 unspecified atom stereocenters. The number of anilines is 1. The summed E-state index contributed by atoms with van der Waals surface area (Å²) >= 11 is 0. The molecule has 4 aromatic rings. The molecule has 43 heavy (non-hydrogen) atoms. The lowest BCUT2D eigenvalue weighted by Crippen LogP contribution is -2.55. The van der Waals surface area contributed by atoms with E-state index in [0.717, 1.165) is 45.7 Å². The van der Waals surface area contributed by atoms with E-state index in [1.165, 1.54) is 18.9 Å². The molecular weight excluding hydrogens is 540 g/mol. The van der Waals surface area contributed by atoms with Crippen molar-refractivity contribution in [3.8, 4) is 16.9 Å². The van der Waals surface area contributed by atoms with Crippen molar-refractivity contribution in [1.82, 2.24) is 24.3 Å². The van der Waals surface area contributed by atoms with Gasteiger partial charge in [0.05, 0.1) is 5.69 Å². The van der Waals surface area contributed by atoms with Crippen molar-refractivity contribution in [2.45, 2.75) is 49.5 Å². The molecule has 2 aliphatic heterocycles. The molecule has 1 aliphatic carbocycles. The summed E-state index contributed by atoms with van der Waals surface area (Å²) in [5.74, 6) is 0.796. The first-order chi connectivity index (χ1) is 20.8. The summed E-state index contributed by atoms with van der Waals surface area (Å²) in [5.41, 5.74) is 10.9. The summed E-state index contributed by atoms with van der Waals surface area (Å²) in [6, 6.07) is 18.8. The zero-order chi connectivity index (χ0) is 29.7. The van der Waals surface area contributed by atoms with E-state index in [4.69, 9.17) is 10.7 Å². The van der Waals surface area contributed by atoms with E-state index in [1.54, 1.807) is 16.0 Å². The highest BCUT2D eigenvalue weighted by Crippen LogP contribution is 2.41. The number of likely N-dealkylation sites (tertiary alicyclic amines) is 2. The van der Waals surface area contributed by atoms with Gasteiger partial charge in [0.15, 0.2) is 0 Å². The molecule has 0 radical (unpaired) electrons. The third kappa shape index (κ3) is 4.97. The maximum Gasteiger partial charge on any atom is 0.254 e. The molecule has 2 amide bonds. The van der Waals surface area contributed by atoms with Crippen LogP contribution in [0.25, 0.3) is 28.0 Å². The van der Waals surface area contributed by atoms with Crippen LogP contribution in [0.15, 0.2) is 73.4 Å². The second-order valence-corrected chi connectivity index (χ2v) is 12.1. The Morgan fingerprint density at radius 3 is 2.44 bits per heavy atom. The minimum Gasteiger partial charge on any atom is -0.383 e. The number of nitrogens with zero attached hydrogens (tertiary/aromatic N) is 5. The Morgan fingerprint density at radius 2 is 1.74 bits per heavy atom. The molecule has 3 aromatic heterocycles. The lowest BCUT2D eigenvalue weighted by Gasteiger charge is -2.38. The Kier molecular flexibility index (Phi) is 6.77. The molecule has 1 saturated carbocycles. The van der Waals surface area contributed by atoms with Crippen molar-refractivity contribution < 1.29 is 14.7 Å². The largest absolute Gasteiger partial charge is 0.383 e. The van der Waals surface area contributed by atoms with E-state index in [0.29, 0.717) is 37.9 Å². The fraction of sp³-hybridized carbons (Fsp3) is 0.353. The minimum absolute atomic E-state index is 0.165. The van der Waals surface area contributed by atoms with Gasteiger partial charge in [0.25, 0.3) is 5.91 Å². The second kappa shape index (κ2) is 10.6. The number of piperidine rings is 1. The van der Waals surface area contributed by atoms with Crippen molar-refractivity contribution in [3.63, 3.8) is 0 Å². The van der Waals surface area contributed by atoms with Gasteiger partial charge in [0.1, 0.15) is 17.1 Å². The van der Waals surface area contributed by atoms with Crippen molar-refractivity contribution in [3.05, 3.63) is 84.7 Å². The molecule has 3 fully saturated rings. The highest BCUT2D eigenvalue weighted by atomic mass is 16.3. The van der Waals surface area contributed by atoms with Gasteiger partial charge in [-0.1, -0.05) is 18.7 Å². The first-order valence-corrected chi connectivity index (χ1v) is 15.1. The normalized spacial score (nSPS) is 20.0. The number of benzene rings is 1. The first kappa shape index (κ1) is 27.3. The molecule has 1 aromatic carbocycles. The fourth-order valence-corrected chi connectivity index (χ4v) is 6.64. The summed E-state index contributed by atoms with van der Waals surface area (Å²) < 4.78 is 2.17. The van der Waals surface area contributed by atoms with E-state index in [1.807, 2.05) is 12.1 Å². The van der Waals surface area contributed by atoms with Gasteiger partial charge >= 0.3 is 0 Å². The average Bonchev–Trinajstić information content (AvgIpc) is 3.65. The molecule has 1 atom stereocenters. The average molecular weight is 577 g/mol. The highest BCUT2D eigenvalue weighted by molar-refractivity contribution is 5.90. The quantitative estimate of drug-likeness (QED) is 0.329. The summed E-state index contributed by atoms with van der Waals surface area (Å²) in [6.07, 6.45) is 6.66. The number of carbonyl (C=O) groups excluding carboxylic acids is 2. The van der Waals surface area contributed by atoms with E-state index < -0.39 is 5.60 Å². The van der Waals surface area contributed by atoms with Gasteiger partial charge in [-0.3, -0.25) is 14.2 Å². The summed E-state index contributed by atoms with van der Waals surface area (Å²) in [5, 5.41) is 12.2. The number of amides is 2. The molecule has 0 bridgehead atoms. The predicted molar refractivity (Wildman–Crippen MR) is 166 cm³/mol. The van der Waals surface area contributed by atoms with Crippen LogP contribution in [0.1, 0.15) is 55.2 Å². The van der Waals surface area contributed by atoms with Crippen molar-refractivity contribution >= 4 is 28.7 Å². The van der Waals surface area contributed by atoms with E-state index in [2.05, 4.69) is 58.6 Å². The van der Waals surface area contributed by atoms with Gasteiger partial charge in [-0.15, -0.1) is 0 Å². The number of nitrogens with two attached hydrogens (primary N) is 1. The van der Waals surface area contributed by atoms with E-state index >= 15 is 0 Å². The third-order valence-electron chi connectivity index (χ3n) is 9.36. The Hall–Kier alpha value is -4.50. The topological polar surface area (TPSA) is 118 Å². The molecule has 3 N–H and O–H groups in total. The number of pyridine rings is 2. The number of carbonyl (C=O) groups is 2. The summed E-state index contributed by atoms with van der Waals surface area (Å²) in [6.45, 7) is 5.40. The Balaban J connectivity index is 1.13. The van der Waals surface area contributed by atoms with Gasteiger partial charge in [-0.25, -0.2) is 9.97 Å². The predicted octanol–water partition coefficient (Wildman–Crippen LogP) is 4.40. The third-order valence-corrected chi connectivity index (χ3v) is 9.36. The Labute approximate surface area is 250 Å². The van der Waals surface area contributed by atoms with Crippen LogP contribution in [0.3, 0.4) is 0 Å². The van der Waals surface area contributed by atoms with Crippen molar-refractivity contribution in [1.29, 1.82) is 0 Å². The molecule has 9 heteroatoms. The van der Waals surface area contributed by atoms with Gasteiger partial charge < -0.3 is 20.6 Å². The van der Waals surface area contributed by atoms with Gasteiger partial charge in [0.2, 0.25) is 5.91 Å². The molecule has 220 valence electrons. The van der Waals surface area contributed by atoms with Crippen LogP contribution >= 0.6 is 0 Å². The SMILES string of the molecule is C=CC(=O)N1CCC(O)(C(=O)N2CC[C@H](c3ccc(-n4c(-c5cccnc5N)cc5ccc(C6CC6)nc54)cc3)C2)CC1. The number of nitrogen functional groups attached to an aromatic ring is 1. The zero-order valence-corrected chi connectivity index (χ0v) is 24.2. The lowest BCUT2D eigenvalue weighted by atomic mass is 9.89. The molecule has 2 saturated heterocycles. The van der Waals surface area contributed by atoms with Gasteiger partial charge in [-0.2, -0.15) is 0 Å². The highest BCUT2D eigenvalue weighted by Gasteiger charge is 2.44. The first-order valence-electron chi connectivity index (χ1n) is 15.1. The molecule has 9 nitrogen and oxygen atoms in total. The number of fused-ring (bicyclic) bond motifs is 1. The van der Waals surface area contributed by atoms with Gasteiger partial charge in [-0.05, 0) is 73.4 Å². The monoisotopic (exact) mass is 576 g/mol. The van der Waals surface area contributed by atoms with E-state index in [-0.39, 0.29) is 30.6 Å². The molecule has 0 spiro atoms. The number of aliphatic hydroxyl groups is 1. The van der Waals surface area contributed by atoms with Crippen LogP contribution in [0, 0.1) is 0 Å². The smallest absolute Gasteiger partial charge is 0.254 e. The number of hydrogen-bond acceptors (Lipinski definition) is 6. The summed E-state index contributed by atoms with van der Waals surface area (Å²) in [7, 11) is 0. The maximum atomic E-state index is 13.4. The van der Waals surface area contributed by atoms with E-state index in [9.17, 15) is 14.7 Å². The zero-order valence-electron chi connectivity index (χ0n) is 24.2. The Morgan fingerprint density at radius 1 is 0.977 bits per heavy atom. The standard InChI is InChI=1S/C34H36N6O3/c1-2-30(41)38-18-14-34(43,15-19-38)33(42)39-17-13-25(21-39)22-7-10-26(11-8-22)40-29(27-4-3-16-36-31(27)35)20-24-9-12-28(23-5-6-23)37-32(24)40/h2-4,7-12,16,20,23,25,43H,1,5-6,13-15,17-19,21H2,(H2,35,36)/t25-/m0/s1. The number of aromatic nitrogens is 3. The van der Waals surface area contributed by atoms with Gasteiger partial charge in [0, 0.05) is 79.4 Å². The lowest BCUT2D eigenvalue weighted by molar-refractivity contribution is -0.157. The molecule has 5 heterocycles. The molecule has 3 aliphatic rings. The van der Waals surface area contributed by atoms with Crippen LogP contribution in [-0.2, 0) is 9.59 Å².